The smallest absolute Gasteiger partial charge is 0.255 e. The highest BCUT2D eigenvalue weighted by Gasteiger charge is 2.18. The van der Waals surface area contributed by atoms with Gasteiger partial charge in [0, 0.05) is 18.8 Å². The van der Waals surface area contributed by atoms with Gasteiger partial charge in [-0.25, -0.2) is 0 Å². The normalized spacial score (nSPS) is 11.8. The van der Waals surface area contributed by atoms with Crippen molar-refractivity contribution in [3.05, 3.63) is 17.0 Å². The van der Waals surface area contributed by atoms with Crippen LogP contribution in [0.2, 0.25) is 0 Å². The Hall–Kier alpha value is -1.07. The maximum absolute atomic E-state index is 12.1. The molecular weight excluding hydrogens is 264 g/mol. The lowest BCUT2D eigenvalue weighted by Crippen LogP contribution is -2.31. The SMILES string of the molecule is CCCn1nc(C)c(C(=O)NCC(C)CN)c1C.Cl. The van der Waals surface area contributed by atoms with Crippen molar-refractivity contribution >= 4 is 18.3 Å². The number of aryl methyl sites for hydroxylation is 2. The van der Waals surface area contributed by atoms with Crippen molar-refractivity contribution in [3.63, 3.8) is 0 Å². The van der Waals surface area contributed by atoms with Crippen LogP contribution in [-0.4, -0.2) is 28.8 Å². The minimum Gasteiger partial charge on any atom is -0.352 e. The van der Waals surface area contributed by atoms with E-state index < -0.39 is 0 Å². The van der Waals surface area contributed by atoms with Crippen LogP contribution in [0.25, 0.3) is 0 Å². The summed E-state index contributed by atoms with van der Waals surface area (Å²) in [5.74, 6) is 0.243. The van der Waals surface area contributed by atoms with Crippen LogP contribution in [0.15, 0.2) is 0 Å². The predicted molar refractivity (Wildman–Crippen MR) is 79.8 cm³/mol. The molecule has 0 aliphatic rings. The predicted octanol–water partition coefficient (Wildman–Crippen LogP) is 1.66. The first-order valence-corrected chi connectivity index (χ1v) is 6.53. The molecule has 0 spiro atoms. The van der Waals surface area contributed by atoms with Crippen molar-refractivity contribution in [3.8, 4) is 0 Å². The molecule has 1 amide bonds. The molecule has 110 valence electrons. The van der Waals surface area contributed by atoms with Gasteiger partial charge in [-0.1, -0.05) is 13.8 Å². The van der Waals surface area contributed by atoms with Crippen molar-refractivity contribution in [2.75, 3.05) is 13.1 Å². The number of carbonyl (C=O) groups is 1. The Morgan fingerprint density at radius 2 is 2.11 bits per heavy atom. The Morgan fingerprint density at radius 3 is 2.63 bits per heavy atom. The lowest BCUT2D eigenvalue weighted by molar-refractivity contribution is 0.0947. The van der Waals surface area contributed by atoms with E-state index in [-0.39, 0.29) is 18.3 Å². The van der Waals surface area contributed by atoms with Crippen LogP contribution < -0.4 is 11.1 Å². The molecule has 1 aromatic heterocycles. The van der Waals surface area contributed by atoms with Crippen LogP contribution in [0.1, 0.15) is 42.0 Å². The summed E-state index contributed by atoms with van der Waals surface area (Å²) in [6.45, 7) is 9.96. The fourth-order valence-corrected chi connectivity index (χ4v) is 1.89. The molecule has 0 fully saturated rings. The summed E-state index contributed by atoms with van der Waals surface area (Å²) in [7, 11) is 0. The van der Waals surface area contributed by atoms with Gasteiger partial charge in [-0.15, -0.1) is 12.4 Å². The Bertz CT molecular complexity index is 417. The van der Waals surface area contributed by atoms with Crippen LogP contribution in [0.3, 0.4) is 0 Å². The van der Waals surface area contributed by atoms with Crippen LogP contribution in [0, 0.1) is 19.8 Å². The molecule has 0 aliphatic heterocycles. The fraction of sp³-hybridized carbons (Fsp3) is 0.692. The van der Waals surface area contributed by atoms with Crippen LogP contribution >= 0.6 is 12.4 Å². The molecule has 1 aromatic rings. The summed E-state index contributed by atoms with van der Waals surface area (Å²) < 4.78 is 1.90. The average Bonchev–Trinajstić information content (AvgIpc) is 2.62. The van der Waals surface area contributed by atoms with Crippen molar-refractivity contribution in [2.45, 2.75) is 40.7 Å². The van der Waals surface area contributed by atoms with Gasteiger partial charge in [-0.2, -0.15) is 5.10 Å². The number of halogens is 1. The minimum atomic E-state index is -0.0485. The Labute approximate surface area is 121 Å². The highest BCUT2D eigenvalue weighted by molar-refractivity contribution is 5.96. The molecule has 0 aliphatic carbocycles. The largest absolute Gasteiger partial charge is 0.352 e. The third-order valence-corrected chi connectivity index (χ3v) is 3.06. The van der Waals surface area contributed by atoms with Gasteiger partial charge < -0.3 is 11.1 Å². The highest BCUT2D eigenvalue weighted by Crippen LogP contribution is 2.13. The van der Waals surface area contributed by atoms with E-state index in [1.807, 2.05) is 25.5 Å². The molecule has 19 heavy (non-hydrogen) atoms. The second kappa shape index (κ2) is 8.17. The molecule has 0 saturated heterocycles. The Balaban J connectivity index is 0.00000324. The standard InChI is InChI=1S/C13H24N4O.ClH/c1-5-6-17-11(4)12(10(3)16-17)13(18)15-8-9(2)7-14;/h9H,5-8,14H2,1-4H3,(H,15,18);1H. The molecule has 3 N–H and O–H groups in total. The van der Waals surface area contributed by atoms with Crippen LogP contribution in [0.4, 0.5) is 0 Å². The highest BCUT2D eigenvalue weighted by atomic mass is 35.5. The van der Waals surface area contributed by atoms with E-state index in [9.17, 15) is 4.79 Å². The van der Waals surface area contributed by atoms with E-state index >= 15 is 0 Å². The molecular formula is C13H25ClN4O. The first kappa shape index (κ1) is 17.9. The maximum atomic E-state index is 12.1. The molecule has 1 unspecified atom stereocenters. The quantitative estimate of drug-likeness (QED) is 0.836. The van der Waals surface area contributed by atoms with E-state index in [0.29, 0.717) is 24.6 Å². The number of hydrogen-bond acceptors (Lipinski definition) is 3. The zero-order chi connectivity index (χ0) is 13.7. The number of carbonyl (C=O) groups excluding carboxylic acids is 1. The number of rotatable bonds is 6. The van der Waals surface area contributed by atoms with Crippen molar-refractivity contribution in [2.24, 2.45) is 11.7 Å². The monoisotopic (exact) mass is 288 g/mol. The summed E-state index contributed by atoms with van der Waals surface area (Å²) in [5, 5.41) is 7.31. The third-order valence-electron chi connectivity index (χ3n) is 3.06. The maximum Gasteiger partial charge on any atom is 0.255 e. The minimum absolute atomic E-state index is 0. The van der Waals surface area contributed by atoms with Gasteiger partial charge in [0.05, 0.1) is 11.3 Å². The number of amides is 1. The van der Waals surface area contributed by atoms with Crippen molar-refractivity contribution in [1.29, 1.82) is 0 Å². The first-order valence-electron chi connectivity index (χ1n) is 6.53. The second-order valence-corrected chi connectivity index (χ2v) is 4.82. The summed E-state index contributed by atoms with van der Waals surface area (Å²) in [6.07, 6.45) is 1.01. The van der Waals surface area contributed by atoms with Gasteiger partial charge in [-0.05, 0) is 32.7 Å². The lowest BCUT2D eigenvalue weighted by Gasteiger charge is -2.10. The van der Waals surface area contributed by atoms with Crippen molar-refractivity contribution < 1.29 is 4.79 Å². The summed E-state index contributed by atoms with van der Waals surface area (Å²) in [6, 6.07) is 0. The van der Waals surface area contributed by atoms with E-state index in [1.54, 1.807) is 0 Å². The van der Waals surface area contributed by atoms with Gasteiger partial charge >= 0.3 is 0 Å². The van der Waals surface area contributed by atoms with E-state index in [2.05, 4.69) is 17.3 Å². The summed E-state index contributed by atoms with van der Waals surface area (Å²) >= 11 is 0. The van der Waals surface area contributed by atoms with Crippen LogP contribution in [-0.2, 0) is 6.54 Å². The van der Waals surface area contributed by atoms with Gasteiger partial charge in [0.1, 0.15) is 0 Å². The Kier molecular flexibility index (Phi) is 7.71. The van der Waals surface area contributed by atoms with E-state index in [1.165, 1.54) is 0 Å². The molecule has 1 atom stereocenters. The number of nitrogens with one attached hydrogen (secondary N) is 1. The summed E-state index contributed by atoms with van der Waals surface area (Å²) in [5.41, 5.74) is 7.96. The van der Waals surface area contributed by atoms with Crippen LogP contribution in [0.5, 0.6) is 0 Å². The van der Waals surface area contributed by atoms with Gasteiger partial charge in [0.2, 0.25) is 0 Å². The van der Waals surface area contributed by atoms with Gasteiger partial charge in [-0.3, -0.25) is 9.48 Å². The molecule has 0 saturated carbocycles. The fourth-order valence-electron chi connectivity index (χ4n) is 1.89. The zero-order valence-electron chi connectivity index (χ0n) is 12.2. The van der Waals surface area contributed by atoms with Crippen molar-refractivity contribution in [1.82, 2.24) is 15.1 Å². The molecule has 1 heterocycles. The Morgan fingerprint density at radius 1 is 1.47 bits per heavy atom. The number of aromatic nitrogens is 2. The number of nitrogens with two attached hydrogens (primary N) is 1. The first-order chi connectivity index (χ1) is 8.51. The van der Waals surface area contributed by atoms with Gasteiger partial charge in [0.15, 0.2) is 0 Å². The third kappa shape index (κ3) is 4.51. The molecule has 5 nitrogen and oxygen atoms in total. The summed E-state index contributed by atoms with van der Waals surface area (Å²) in [4.78, 5) is 12.1. The molecule has 0 radical (unpaired) electrons. The lowest BCUT2D eigenvalue weighted by atomic mass is 10.1. The van der Waals surface area contributed by atoms with Gasteiger partial charge in [0.25, 0.3) is 5.91 Å². The number of hydrogen-bond donors (Lipinski definition) is 2. The molecule has 1 rings (SSSR count). The van der Waals surface area contributed by atoms with E-state index in [4.69, 9.17) is 5.73 Å². The average molecular weight is 289 g/mol. The van der Waals surface area contributed by atoms with E-state index in [0.717, 1.165) is 24.4 Å². The molecule has 0 aromatic carbocycles. The molecule has 0 bridgehead atoms. The topological polar surface area (TPSA) is 72.9 Å². The molecule has 6 heteroatoms. The second-order valence-electron chi connectivity index (χ2n) is 4.82. The zero-order valence-corrected chi connectivity index (χ0v) is 13.0. The number of nitrogens with zero attached hydrogens (tertiary/aromatic N) is 2.